The van der Waals surface area contributed by atoms with Crippen molar-refractivity contribution >= 4 is 47.6 Å². The van der Waals surface area contributed by atoms with Gasteiger partial charge in [-0.2, -0.15) is 11.8 Å². The molecule has 29 heavy (non-hydrogen) atoms. The van der Waals surface area contributed by atoms with E-state index in [1.165, 1.54) is 0 Å². The van der Waals surface area contributed by atoms with Gasteiger partial charge in [-0.05, 0) is 39.0 Å². The van der Waals surface area contributed by atoms with Crippen LogP contribution < -0.4 is 10.6 Å². The molecule has 1 saturated heterocycles. The lowest BCUT2D eigenvalue weighted by Crippen LogP contribution is -2.47. The first-order chi connectivity index (χ1) is 13.7. The molecule has 9 heteroatoms. The summed E-state index contributed by atoms with van der Waals surface area (Å²) in [7, 11) is 0. The number of halogens is 1. The normalized spacial score (nSPS) is 22.7. The van der Waals surface area contributed by atoms with Gasteiger partial charge in [-0.3, -0.25) is 4.79 Å². The number of carbonyl (C=O) groups is 1. The quantitative estimate of drug-likeness (QED) is 0.331. The Bertz CT molecular complexity index is 655. The summed E-state index contributed by atoms with van der Waals surface area (Å²) in [4.78, 5) is 19.4. The second-order valence-corrected chi connectivity index (χ2v) is 8.69. The molecule has 164 valence electrons. The second-order valence-electron chi connectivity index (χ2n) is 7.46. The van der Waals surface area contributed by atoms with Crippen LogP contribution in [0.4, 0.5) is 0 Å². The molecule has 0 bridgehead atoms. The van der Waals surface area contributed by atoms with Gasteiger partial charge in [0.15, 0.2) is 11.7 Å². The van der Waals surface area contributed by atoms with Gasteiger partial charge in [-0.1, -0.05) is 12.1 Å². The van der Waals surface area contributed by atoms with E-state index in [-0.39, 0.29) is 29.9 Å². The third-order valence-electron chi connectivity index (χ3n) is 5.45. The Morgan fingerprint density at radius 2 is 2.00 bits per heavy atom. The maximum Gasteiger partial charge on any atom is 0.225 e. The zero-order valence-corrected chi connectivity index (χ0v) is 20.6. The highest BCUT2D eigenvalue weighted by molar-refractivity contribution is 14.0. The van der Waals surface area contributed by atoms with Crippen LogP contribution in [0.1, 0.15) is 51.0 Å². The maximum absolute atomic E-state index is 12.7. The van der Waals surface area contributed by atoms with Crippen molar-refractivity contribution in [2.75, 3.05) is 31.1 Å². The molecule has 1 aliphatic carbocycles. The monoisotopic (exact) mass is 535 g/mol. The average molecular weight is 535 g/mol. The van der Waals surface area contributed by atoms with Crippen molar-refractivity contribution < 1.29 is 9.32 Å². The molecule has 0 atom stereocenters. The zero-order chi connectivity index (χ0) is 19.8. The number of hydrogen-bond acceptors (Lipinski definition) is 5. The van der Waals surface area contributed by atoms with Gasteiger partial charge in [0.05, 0.1) is 5.69 Å². The van der Waals surface area contributed by atoms with Crippen LogP contribution in [0.25, 0.3) is 0 Å². The first kappa shape index (κ1) is 24.3. The molecule has 0 spiro atoms. The van der Waals surface area contributed by atoms with Crippen LogP contribution in [0.2, 0.25) is 0 Å². The predicted molar refractivity (Wildman–Crippen MR) is 129 cm³/mol. The minimum absolute atomic E-state index is 0. The van der Waals surface area contributed by atoms with Crippen LogP contribution in [-0.4, -0.2) is 59.1 Å². The summed E-state index contributed by atoms with van der Waals surface area (Å²) in [5.41, 5.74) is 0.957. The van der Waals surface area contributed by atoms with Gasteiger partial charge in [-0.25, -0.2) is 4.99 Å². The molecule has 0 unspecified atom stereocenters. The number of hydrogen-bond donors (Lipinski definition) is 2. The SMILES string of the molecule is CCNC(=NCc1cc(CC)no1)NC1CCC(C(=O)N2CCSCC2)CC1.I. The predicted octanol–water partition coefficient (Wildman–Crippen LogP) is 3.04. The number of aliphatic imine (C=N–C) groups is 1. The van der Waals surface area contributed by atoms with Crippen LogP contribution in [-0.2, 0) is 17.8 Å². The number of aryl methyl sites for hydroxylation is 1. The summed E-state index contributed by atoms with van der Waals surface area (Å²) in [6.07, 6.45) is 4.80. The number of nitrogens with zero attached hydrogens (tertiary/aromatic N) is 3. The fourth-order valence-electron chi connectivity index (χ4n) is 3.79. The molecule has 3 rings (SSSR count). The van der Waals surface area contributed by atoms with Gasteiger partial charge in [0.2, 0.25) is 5.91 Å². The molecule has 1 aromatic heterocycles. The average Bonchev–Trinajstić information content (AvgIpc) is 3.21. The Morgan fingerprint density at radius 1 is 1.28 bits per heavy atom. The van der Waals surface area contributed by atoms with Gasteiger partial charge < -0.3 is 20.1 Å². The van der Waals surface area contributed by atoms with E-state index in [0.717, 1.165) is 80.7 Å². The van der Waals surface area contributed by atoms with Crippen molar-refractivity contribution in [2.45, 2.75) is 58.5 Å². The van der Waals surface area contributed by atoms with Crippen molar-refractivity contribution in [3.63, 3.8) is 0 Å². The number of amides is 1. The topological polar surface area (TPSA) is 82.8 Å². The van der Waals surface area contributed by atoms with Gasteiger partial charge in [-0.15, -0.1) is 24.0 Å². The summed E-state index contributed by atoms with van der Waals surface area (Å²) in [6.45, 7) is 7.24. The van der Waals surface area contributed by atoms with E-state index in [1.54, 1.807) is 0 Å². The van der Waals surface area contributed by atoms with Crippen molar-refractivity contribution in [3.8, 4) is 0 Å². The Balaban J connectivity index is 0.00000300. The smallest absolute Gasteiger partial charge is 0.225 e. The molecule has 7 nitrogen and oxygen atoms in total. The minimum Gasteiger partial charge on any atom is -0.359 e. The summed E-state index contributed by atoms with van der Waals surface area (Å²) < 4.78 is 5.32. The largest absolute Gasteiger partial charge is 0.359 e. The van der Waals surface area contributed by atoms with E-state index >= 15 is 0 Å². The lowest BCUT2D eigenvalue weighted by molar-refractivity contribution is -0.136. The molecule has 2 aliphatic rings. The Labute approximate surface area is 195 Å². The van der Waals surface area contributed by atoms with E-state index < -0.39 is 0 Å². The van der Waals surface area contributed by atoms with E-state index in [4.69, 9.17) is 4.52 Å². The molecular weight excluding hydrogens is 501 g/mol. The van der Waals surface area contributed by atoms with Crippen molar-refractivity contribution in [1.82, 2.24) is 20.7 Å². The number of aromatic nitrogens is 1. The molecule has 1 amide bonds. The van der Waals surface area contributed by atoms with Gasteiger partial charge in [0.1, 0.15) is 6.54 Å². The fraction of sp³-hybridized carbons (Fsp3) is 0.750. The standard InChI is InChI=1S/C20H33N5O2S.HI/c1-3-16-13-18(27-24-16)14-22-20(21-4-2)23-17-7-5-15(6-8-17)19(26)25-9-11-28-12-10-25;/h13,15,17H,3-12,14H2,1-2H3,(H2,21,22,23);1H. The highest BCUT2D eigenvalue weighted by atomic mass is 127. The van der Waals surface area contributed by atoms with Crippen LogP contribution >= 0.6 is 35.7 Å². The molecule has 2 heterocycles. The highest BCUT2D eigenvalue weighted by Gasteiger charge is 2.30. The molecule has 1 saturated carbocycles. The van der Waals surface area contributed by atoms with Gasteiger partial charge >= 0.3 is 0 Å². The van der Waals surface area contributed by atoms with Crippen molar-refractivity contribution in [1.29, 1.82) is 0 Å². The molecule has 1 aliphatic heterocycles. The zero-order valence-electron chi connectivity index (χ0n) is 17.5. The third-order valence-corrected chi connectivity index (χ3v) is 6.39. The molecule has 0 aromatic carbocycles. The number of carbonyl (C=O) groups excluding carboxylic acids is 1. The number of guanidine groups is 1. The summed E-state index contributed by atoms with van der Waals surface area (Å²) in [6, 6.07) is 2.32. The van der Waals surface area contributed by atoms with Crippen LogP contribution in [0, 0.1) is 5.92 Å². The number of thioether (sulfide) groups is 1. The summed E-state index contributed by atoms with van der Waals surface area (Å²) in [5, 5.41) is 10.9. The lowest BCUT2D eigenvalue weighted by atomic mass is 9.85. The van der Waals surface area contributed by atoms with Crippen LogP contribution in [0.15, 0.2) is 15.6 Å². The van der Waals surface area contributed by atoms with Gasteiger partial charge in [0, 0.05) is 49.2 Å². The maximum atomic E-state index is 12.7. The van der Waals surface area contributed by atoms with E-state index in [0.29, 0.717) is 18.5 Å². The molecule has 2 fully saturated rings. The third kappa shape index (κ3) is 7.34. The van der Waals surface area contributed by atoms with Crippen LogP contribution in [0.3, 0.4) is 0 Å². The minimum atomic E-state index is 0. The molecule has 0 radical (unpaired) electrons. The molecule has 2 N–H and O–H groups in total. The van der Waals surface area contributed by atoms with E-state index in [2.05, 4.69) is 39.5 Å². The highest BCUT2D eigenvalue weighted by Crippen LogP contribution is 2.27. The summed E-state index contributed by atoms with van der Waals surface area (Å²) >= 11 is 1.95. The van der Waals surface area contributed by atoms with Crippen molar-refractivity contribution in [3.05, 3.63) is 17.5 Å². The Hall–Kier alpha value is -0.970. The Morgan fingerprint density at radius 3 is 2.62 bits per heavy atom. The van der Waals surface area contributed by atoms with Gasteiger partial charge in [0.25, 0.3) is 0 Å². The Kier molecular flexibility index (Phi) is 10.6. The van der Waals surface area contributed by atoms with E-state index in [1.807, 2.05) is 17.8 Å². The second kappa shape index (κ2) is 12.7. The first-order valence-corrected chi connectivity index (χ1v) is 11.7. The summed E-state index contributed by atoms with van der Waals surface area (Å²) in [5.74, 6) is 4.31. The van der Waals surface area contributed by atoms with E-state index in [9.17, 15) is 4.79 Å². The number of nitrogens with one attached hydrogen (secondary N) is 2. The number of rotatable bonds is 6. The first-order valence-electron chi connectivity index (χ1n) is 10.6. The fourth-order valence-corrected chi connectivity index (χ4v) is 4.70. The lowest BCUT2D eigenvalue weighted by Gasteiger charge is -2.34. The molecule has 1 aromatic rings. The van der Waals surface area contributed by atoms with Crippen molar-refractivity contribution in [2.24, 2.45) is 10.9 Å². The molecular formula is C20H34IN5O2S. The van der Waals surface area contributed by atoms with Crippen LogP contribution in [0.5, 0.6) is 0 Å².